The SMILES string of the molecule is Cc1ccc2c(=O)n(CC3CCNC3)c(=O)n(C)c2c1. The Morgan fingerprint density at radius 1 is 1.35 bits per heavy atom. The number of hydrogen-bond donors (Lipinski definition) is 1. The molecule has 0 bridgehead atoms. The van der Waals surface area contributed by atoms with Gasteiger partial charge in [0.15, 0.2) is 0 Å². The summed E-state index contributed by atoms with van der Waals surface area (Å²) < 4.78 is 2.96. The first-order valence-electron chi connectivity index (χ1n) is 6.99. The van der Waals surface area contributed by atoms with Crippen molar-refractivity contribution in [2.45, 2.75) is 19.9 Å². The highest BCUT2D eigenvalue weighted by Crippen LogP contribution is 2.12. The normalized spacial score (nSPS) is 18.8. The standard InChI is InChI=1S/C15H19N3O2/c1-10-3-4-12-13(7-10)17(2)15(20)18(14(12)19)9-11-5-6-16-8-11/h3-4,7,11,16H,5-6,8-9H2,1-2H3. The van der Waals surface area contributed by atoms with E-state index < -0.39 is 0 Å². The second kappa shape index (κ2) is 4.90. The smallest absolute Gasteiger partial charge is 0.316 e. The summed E-state index contributed by atoms with van der Waals surface area (Å²) >= 11 is 0. The maximum absolute atomic E-state index is 12.5. The quantitative estimate of drug-likeness (QED) is 0.872. The van der Waals surface area contributed by atoms with Crippen LogP contribution >= 0.6 is 0 Å². The fourth-order valence-electron chi connectivity index (χ4n) is 2.91. The van der Waals surface area contributed by atoms with Crippen molar-refractivity contribution in [1.29, 1.82) is 0 Å². The first-order valence-corrected chi connectivity index (χ1v) is 6.99. The second-order valence-electron chi connectivity index (χ2n) is 5.64. The number of rotatable bonds is 2. The molecule has 0 radical (unpaired) electrons. The molecule has 0 aliphatic carbocycles. The number of nitrogens with one attached hydrogen (secondary N) is 1. The molecule has 1 aromatic carbocycles. The van der Waals surface area contributed by atoms with Crippen LogP contribution in [0.3, 0.4) is 0 Å². The third kappa shape index (κ3) is 2.08. The van der Waals surface area contributed by atoms with Crippen LogP contribution < -0.4 is 16.6 Å². The largest absolute Gasteiger partial charge is 0.331 e. The minimum atomic E-state index is -0.222. The Labute approximate surface area is 116 Å². The van der Waals surface area contributed by atoms with Gasteiger partial charge >= 0.3 is 5.69 Å². The van der Waals surface area contributed by atoms with Crippen LogP contribution in [0, 0.1) is 12.8 Å². The maximum atomic E-state index is 12.5. The van der Waals surface area contributed by atoms with Gasteiger partial charge in [0.2, 0.25) is 0 Å². The van der Waals surface area contributed by atoms with Crippen molar-refractivity contribution in [3.63, 3.8) is 0 Å². The summed E-state index contributed by atoms with van der Waals surface area (Å²) in [6.07, 6.45) is 1.02. The summed E-state index contributed by atoms with van der Waals surface area (Å²) in [5, 5.41) is 3.88. The van der Waals surface area contributed by atoms with Crippen LogP contribution in [-0.4, -0.2) is 22.2 Å². The van der Waals surface area contributed by atoms with E-state index in [1.54, 1.807) is 11.6 Å². The summed E-state index contributed by atoms with van der Waals surface area (Å²) in [6, 6.07) is 5.62. The van der Waals surface area contributed by atoms with E-state index in [1.807, 2.05) is 25.1 Å². The molecule has 2 aromatic rings. The van der Waals surface area contributed by atoms with Crippen molar-refractivity contribution in [2.24, 2.45) is 13.0 Å². The number of aromatic nitrogens is 2. The molecule has 0 saturated carbocycles. The summed E-state index contributed by atoms with van der Waals surface area (Å²) in [7, 11) is 1.73. The summed E-state index contributed by atoms with van der Waals surface area (Å²) in [6.45, 7) is 4.30. The van der Waals surface area contributed by atoms with Gasteiger partial charge in [-0.2, -0.15) is 0 Å². The van der Waals surface area contributed by atoms with E-state index in [1.165, 1.54) is 4.57 Å². The number of hydrogen-bond acceptors (Lipinski definition) is 3. The molecule has 1 N–H and O–H groups in total. The van der Waals surface area contributed by atoms with Crippen molar-refractivity contribution in [3.05, 3.63) is 44.6 Å². The van der Waals surface area contributed by atoms with Crippen LogP contribution in [0.5, 0.6) is 0 Å². The lowest BCUT2D eigenvalue weighted by molar-refractivity contribution is 0.452. The number of fused-ring (bicyclic) bond motifs is 1. The molecule has 1 unspecified atom stereocenters. The molecule has 20 heavy (non-hydrogen) atoms. The minimum absolute atomic E-state index is 0.171. The highest BCUT2D eigenvalue weighted by molar-refractivity contribution is 5.78. The third-order valence-electron chi connectivity index (χ3n) is 4.11. The average molecular weight is 273 g/mol. The van der Waals surface area contributed by atoms with E-state index >= 15 is 0 Å². The van der Waals surface area contributed by atoms with Crippen molar-refractivity contribution in [2.75, 3.05) is 13.1 Å². The van der Waals surface area contributed by atoms with Crippen LogP contribution in [0.15, 0.2) is 27.8 Å². The molecule has 1 aromatic heterocycles. The lowest BCUT2D eigenvalue weighted by atomic mass is 10.1. The van der Waals surface area contributed by atoms with Gasteiger partial charge < -0.3 is 5.32 Å². The molecule has 2 heterocycles. The van der Waals surface area contributed by atoms with Crippen molar-refractivity contribution < 1.29 is 0 Å². The zero-order chi connectivity index (χ0) is 14.3. The zero-order valence-electron chi connectivity index (χ0n) is 11.8. The van der Waals surface area contributed by atoms with Crippen molar-refractivity contribution >= 4 is 10.9 Å². The van der Waals surface area contributed by atoms with Gasteiger partial charge in [0.1, 0.15) is 0 Å². The molecule has 106 valence electrons. The Bertz CT molecular complexity index is 767. The van der Waals surface area contributed by atoms with E-state index in [2.05, 4.69) is 5.32 Å². The Kier molecular flexibility index (Phi) is 3.22. The summed E-state index contributed by atoms with van der Waals surface area (Å²) in [5.41, 5.74) is 1.36. The first kappa shape index (κ1) is 13.1. The van der Waals surface area contributed by atoms with Gasteiger partial charge in [0.25, 0.3) is 5.56 Å². The Morgan fingerprint density at radius 3 is 2.85 bits per heavy atom. The number of nitrogens with zero attached hydrogens (tertiary/aromatic N) is 2. The maximum Gasteiger partial charge on any atom is 0.331 e. The minimum Gasteiger partial charge on any atom is -0.316 e. The Balaban J connectivity index is 2.20. The molecule has 1 aliphatic heterocycles. The van der Waals surface area contributed by atoms with Gasteiger partial charge in [-0.3, -0.25) is 13.9 Å². The Morgan fingerprint density at radius 2 is 2.15 bits per heavy atom. The highest BCUT2D eigenvalue weighted by Gasteiger charge is 2.18. The lowest BCUT2D eigenvalue weighted by Gasteiger charge is -2.14. The third-order valence-corrected chi connectivity index (χ3v) is 4.11. The predicted molar refractivity (Wildman–Crippen MR) is 79.2 cm³/mol. The van der Waals surface area contributed by atoms with Gasteiger partial charge in [-0.05, 0) is 50.0 Å². The van der Waals surface area contributed by atoms with E-state index in [-0.39, 0.29) is 11.2 Å². The van der Waals surface area contributed by atoms with Gasteiger partial charge in [-0.1, -0.05) is 6.07 Å². The monoisotopic (exact) mass is 273 g/mol. The van der Waals surface area contributed by atoms with Gasteiger partial charge in [-0.25, -0.2) is 4.79 Å². The van der Waals surface area contributed by atoms with Crippen molar-refractivity contribution in [1.82, 2.24) is 14.5 Å². The highest BCUT2D eigenvalue weighted by atomic mass is 16.2. The fraction of sp³-hybridized carbons (Fsp3) is 0.467. The van der Waals surface area contributed by atoms with Crippen LogP contribution in [0.4, 0.5) is 0 Å². The topological polar surface area (TPSA) is 56.0 Å². The van der Waals surface area contributed by atoms with Crippen LogP contribution in [0.2, 0.25) is 0 Å². The molecule has 1 aliphatic rings. The molecule has 0 amide bonds. The Hall–Kier alpha value is -1.88. The molecular formula is C15H19N3O2. The lowest BCUT2D eigenvalue weighted by Crippen LogP contribution is -2.40. The van der Waals surface area contributed by atoms with Crippen LogP contribution in [0.25, 0.3) is 10.9 Å². The van der Waals surface area contributed by atoms with E-state index in [4.69, 9.17) is 0 Å². The fourth-order valence-corrected chi connectivity index (χ4v) is 2.91. The molecule has 0 spiro atoms. The van der Waals surface area contributed by atoms with Crippen LogP contribution in [-0.2, 0) is 13.6 Å². The predicted octanol–water partition coefficient (Wildman–Crippen LogP) is 0.618. The number of aryl methyl sites for hydroxylation is 2. The molecule has 5 heteroatoms. The van der Waals surface area contributed by atoms with Gasteiger partial charge in [0, 0.05) is 13.6 Å². The van der Waals surface area contributed by atoms with E-state index in [0.29, 0.717) is 23.4 Å². The van der Waals surface area contributed by atoms with Gasteiger partial charge in [0.05, 0.1) is 10.9 Å². The molecule has 1 atom stereocenters. The molecule has 3 rings (SSSR count). The molecule has 1 fully saturated rings. The zero-order valence-corrected chi connectivity index (χ0v) is 11.8. The first-order chi connectivity index (χ1) is 9.58. The van der Waals surface area contributed by atoms with Crippen molar-refractivity contribution in [3.8, 4) is 0 Å². The van der Waals surface area contributed by atoms with Crippen LogP contribution in [0.1, 0.15) is 12.0 Å². The second-order valence-corrected chi connectivity index (χ2v) is 5.64. The summed E-state index contributed by atoms with van der Waals surface area (Å²) in [5.74, 6) is 0.364. The molecule has 1 saturated heterocycles. The molecule has 5 nitrogen and oxygen atoms in total. The van der Waals surface area contributed by atoms with E-state index in [0.717, 1.165) is 25.1 Å². The summed E-state index contributed by atoms with van der Waals surface area (Å²) in [4.78, 5) is 24.9. The van der Waals surface area contributed by atoms with E-state index in [9.17, 15) is 9.59 Å². The number of benzene rings is 1. The average Bonchev–Trinajstić information content (AvgIpc) is 2.94. The molecular weight excluding hydrogens is 254 g/mol. The van der Waals surface area contributed by atoms with Gasteiger partial charge in [-0.15, -0.1) is 0 Å².